The number of fused-ring (bicyclic) bond motifs is 9. The van der Waals surface area contributed by atoms with Crippen LogP contribution >= 0.6 is 0 Å². The zero-order chi connectivity index (χ0) is 21.3. The molecule has 5 aromatic rings. The van der Waals surface area contributed by atoms with Crippen molar-refractivity contribution < 1.29 is 4.74 Å². The maximum absolute atomic E-state index is 6.65. The summed E-state index contributed by atoms with van der Waals surface area (Å²) in [6, 6.07) is 36.5. The summed E-state index contributed by atoms with van der Waals surface area (Å²) in [6.07, 6.45) is 0.113. The van der Waals surface area contributed by atoms with E-state index in [9.17, 15) is 0 Å². The van der Waals surface area contributed by atoms with Gasteiger partial charge in [-0.15, -0.1) is 0 Å². The second kappa shape index (κ2) is 5.62. The van der Waals surface area contributed by atoms with E-state index >= 15 is 0 Å². The average Bonchev–Trinajstić information content (AvgIpc) is 3.42. The Morgan fingerprint density at radius 1 is 0.364 bits per heavy atom. The minimum absolute atomic E-state index is 0.0563. The Labute approximate surface area is 192 Å². The summed E-state index contributed by atoms with van der Waals surface area (Å²) in [5.41, 5.74) is 14.3. The molecule has 0 amide bonds. The van der Waals surface area contributed by atoms with E-state index in [4.69, 9.17) is 4.74 Å². The quantitative estimate of drug-likeness (QED) is 0.249. The minimum Gasteiger partial charge on any atom is -0.356 e. The molecule has 0 saturated heterocycles. The molecule has 5 aromatic carbocycles. The van der Waals surface area contributed by atoms with Gasteiger partial charge in [0.25, 0.3) is 0 Å². The van der Waals surface area contributed by atoms with Gasteiger partial charge in [0.05, 0.1) is 0 Å². The summed E-state index contributed by atoms with van der Waals surface area (Å²) >= 11 is 0. The van der Waals surface area contributed by atoms with Gasteiger partial charge < -0.3 is 4.74 Å². The zero-order valence-electron chi connectivity index (χ0n) is 18.0. The molecule has 0 saturated carbocycles. The Bertz CT molecular complexity index is 1510. The molecular weight excluding hydrogens is 400 g/mol. The van der Waals surface area contributed by atoms with E-state index in [1.54, 1.807) is 0 Å². The summed E-state index contributed by atoms with van der Waals surface area (Å²) in [5.74, 6) is 0.635. The van der Waals surface area contributed by atoms with E-state index in [0.717, 1.165) is 0 Å². The van der Waals surface area contributed by atoms with Gasteiger partial charge in [-0.2, -0.15) is 0 Å². The summed E-state index contributed by atoms with van der Waals surface area (Å²) < 4.78 is 6.65. The SMILES string of the molecule is c1ccc2c(c1)C1c3ccccc3C2c2cc3c(cc21)C1OC3c2cc3ccccc3cc21. The predicted molar refractivity (Wildman–Crippen MR) is 130 cm³/mol. The molecule has 5 aliphatic rings. The monoisotopic (exact) mass is 420 g/mol. The maximum atomic E-state index is 6.65. The first-order chi connectivity index (χ1) is 16.4. The number of hydrogen-bond donors (Lipinski definition) is 0. The van der Waals surface area contributed by atoms with Gasteiger partial charge in [-0.3, -0.25) is 0 Å². The van der Waals surface area contributed by atoms with Crippen LogP contribution in [0.25, 0.3) is 10.8 Å². The van der Waals surface area contributed by atoms with E-state index in [2.05, 4.69) is 97.1 Å². The average molecular weight is 421 g/mol. The van der Waals surface area contributed by atoms with Gasteiger partial charge in [0.2, 0.25) is 0 Å². The van der Waals surface area contributed by atoms with Crippen LogP contribution in [0.5, 0.6) is 0 Å². The standard InChI is InChI=1S/C32H20O/c1-2-8-18-14-26-25(13-17(18)7-1)31-27-15-23-24(16-28(27)32(26)33-31)30-21-11-5-3-9-19(21)29(23)20-10-4-6-12-22(20)30/h1-16,29-32H. The highest BCUT2D eigenvalue weighted by atomic mass is 16.5. The fraction of sp³-hybridized carbons (Fsp3) is 0.125. The van der Waals surface area contributed by atoms with Gasteiger partial charge in [-0.1, -0.05) is 84.9 Å². The second-order valence-corrected chi connectivity index (χ2v) is 9.96. The lowest BCUT2D eigenvalue weighted by Crippen LogP contribution is -2.28. The summed E-state index contributed by atoms with van der Waals surface area (Å²) in [6.45, 7) is 0. The Morgan fingerprint density at radius 2 is 0.727 bits per heavy atom. The number of ether oxygens (including phenoxy) is 1. The summed E-state index contributed by atoms with van der Waals surface area (Å²) in [7, 11) is 0. The molecule has 2 unspecified atom stereocenters. The molecule has 0 radical (unpaired) electrons. The third-order valence-electron chi connectivity index (χ3n) is 8.50. The molecule has 0 fully saturated rings. The van der Waals surface area contributed by atoms with Crippen molar-refractivity contribution in [1.29, 1.82) is 0 Å². The Kier molecular flexibility index (Phi) is 2.88. The van der Waals surface area contributed by atoms with Crippen molar-refractivity contribution >= 4 is 10.8 Å². The largest absolute Gasteiger partial charge is 0.356 e. The Morgan fingerprint density at radius 3 is 1.15 bits per heavy atom. The molecular formula is C32H20O. The summed E-state index contributed by atoms with van der Waals surface area (Å²) in [5, 5.41) is 2.60. The van der Waals surface area contributed by atoms with Crippen molar-refractivity contribution in [3.05, 3.63) is 153 Å². The van der Waals surface area contributed by atoms with E-state index in [0.29, 0.717) is 11.8 Å². The van der Waals surface area contributed by atoms with Crippen LogP contribution in [-0.2, 0) is 4.74 Å². The number of benzene rings is 5. The molecule has 33 heavy (non-hydrogen) atoms. The van der Waals surface area contributed by atoms with Crippen molar-refractivity contribution in [2.75, 3.05) is 0 Å². The van der Waals surface area contributed by atoms with Crippen molar-refractivity contribution in [2.24, 2.45) is 0 Å². The highest BCUT2D eigenvalue weighted by molar-refractivity contribution is 5.85. The van der Waals surface area contributed by atoms with Gasteiger partial charge in [0, 0.05) is 11.8 Å². The first-order valence-corrected chi connectivity index (χ1v) is 11.9. The van der Waals surface area contributed by atoms with Gasteiger partial charge >= 0.3 is 0 Å². The van der Waals surface area contributed by atoms with Crippen molar-refractivity contribution in [3.63, 3.8) is 0 Å². The zero-order valence-corrected chi connectivity index (χ0v) is 18.0. The molecule has 0 aromatic heterocycles. The van der Waals surface area contributed by atoms with Crippen LogP contribution in [0.4, 0.5) is 0 Å². The van der Waals surface area contributed by atoms with Crippen molar-refractivity contribution in [2.45, 2.75) is 24.0 Å². The normalized spacial score (nSPS) is 24.2. The van der Waals surface area contributed by atoms with Crippen LogP contribution in [0.2, 0.25) is 0 Å². The van der Waals surface area contributed by atoms with E-state index in [1.165, 1.54) is 66.4 Å². The molecule has 0 N–H and O–H groups in total. The van der Waals surface area contributed by atoms with E-state index in [1.807, 2.05) is 0 Å². The van der Waals surface area contributed by atoms with Crippen LogP contribution in [-0.4, -0.2) is 0 Å². The molecule has 10 rings (SSSR count). The van der Waals surface area contributed by atoms with Gasteiger partial charge in [-0.25, -0.2) is 0 Å². The van der Waals surface area contributed by atoms with Crippen molar-refractivity contribution in [1.82, 2.24) is 0 Å². The lowest BCUT2D eigenvalue weighted by molar-refractivity contribution is 0.0857. The smallest absolute Gasteiger partial charge is 0.110 e. The fourth-order valence-corrected chi connectivity index (χ4v) is 7.20. The highest BCUT2D eigenvalue weighted by Crippen LogP contribution is 2.60. The highest BCUT2D eigenvalue weighted by Gasteiger charge is 2.47. The first kappa shape index (κ1) is 16.9. The van der Waals surface area contributed by atoms with Crippen LogP contribution in [0.1, 0.15) is 79.7 Å². The van der Waals surface area contributed by atoms with Crippen LogP contribution in [0.3, 0.4) is 0 Å². The van der Waals surface area contributed by atoms with Crippen molar-refractivity contribution in [3.8, 4) is 0 Å². The third-order valence-corrected chi connectivity index (χ3v) is 8.50. The van der Waals surface area contributed by atoms with Gasteiger partial charge in [0.1, 0.15) is 12.2 Å². The van der Waals surface area contributed by atoms with Gasteiger partial charge in [0.15, 0.2) is 0 Å². The van der Waals surface area contributed by atoms with E-state index < -0.39 is 0 Å². The topological polar surface area (TPSA) is 9.23 Å². The maximum Gasteiger partial charge on any atom is 0.110 e. The second-order valence-electron chi connectivity index (χ2n) is 9.96. The predicted octanol–water partition coefficient (Wildman–Crippen LogP) is 7.35. The van der Waals surface area contributed by atoms with Crippen LogP contribution in [0.15, 0.2) is 97.1 Å². The van der Waals surface area contributed by atoms with Gasteiger partial charge in [-0.05, 0) is 78.5 Å². The number of rotatable bonds is 0. The molecule has 4 bridgehead atoms. The minimum atomic E-state index is 0.0563. The summed E-state index contributed by atoms with van der Waals surface area (Å²) in [4.78, 5) is 0. The molecule has 0 spiro atoms. The molecule has 3 aliphatic carbocycles. The van der Waals surface area contributed by atoms with Crippen LogP contribution in [0, 0.1) is 0 Å². The number of hydrogen-bond acceptors (Lipinski definition) is 1. The van der Waals surface area contributed by atoms with Crippen LogP contribution < -0.4 is 0 Å². The molecule has 2 atom stereocenters. The Balaban J connectivity index is 1.30. The van der Waals surface area contributed by atoms with E-state index in [-0.39, 0.29) is 12.2 Å². The third kappa shape index (κ3) is 1.91. The molecule has 2 aliphatic heterocycles. The Hall–Kier alpha value is -3.68. The lowest BCUT2D eigenvalue weighted by Gasteiger charge is -2.42. The molecule has 1 nitrogen and oxygen atoms in total. The molecule has 1 heteroatoms. The lowest BCUT2D eigenvalue weighted by atomic mass is 9.60. The first-order valence-electron chi connectivity index (χ1n) is 11.9. The fourth-order valence-electron chi connectivity index (χ4n) is 7.20. The molecule has 154 valence electrons. The molecule has 2 heterocycles.